The van der Waals surface area contributed by atoms with Gasteiger partial charge in [0, 0.05) is 6.04 Å². The molecule has 0 spiro atoms. The monoisotopic (exact) mass is 450 g/mol. The molecule has 0 unspecified atom stereocenters. The fourth-order valence-electron chi connectivity index (χ4n) is 5.10. The zero-order valence-electron chi connectivity index (χ0n) is 18.8. The van der Waals surface area contributed by atoms with Crippen molar-refractivity contribution in [1.82, 2.24) is 9.96 Å². The molecule has 1 aliphatic heterocycles. The second-order valence-corrected chi connectivity index (χ2v) is 8.75. The fraction of sp³-hybridized carbons (Fsp3) is 0.423. The van der Waals surface area contributed by atoms with Gasteiger partial charge >= 0.3 is 5.97 Å². The van der Waals surface area contributed by atoms with E-state index in [1.807, 2.05) is 65.6 Å². The van der Waals surface area contributed by atoms with Crippen molar-refractivity contribution in [3.05, 3.63) is 71.8 Å². The van der Waals surface area contributed by atoms with Gasteiger partial charge in [0.2, 0.25) is 6.41 Å². The van der Waals surface area contributed by atoms with E-state index in [1.165, 1.54) is 0 Å². The van der Waals surface area contributed by atoms with Crippen LogP contribution in [0.1, 0.15) is 43.7 Å². The molecule has 1 aliphatic carbocycles. The molecule has 4 rings (SSSR count). The fourth-order valence-corrected chi connectivity index (χ4v) is 5.10. The van der Waals surface area contributed by atoms with E-state index in [0.29, 0.717) is 18.7 Å². The lowest BCUT2D eigenvalue weighted by Crippen LogP contribution is -2.53. The third-order valence-corrected chi connectivity index (χ3v) is 6.71. The van der Waals surface area contributed by atoms with Crippen molar-refractivity contribution in [2.75, 3.05) is 0 Å². The third-order valence-electron chi connectivity index (χ3n) is 6.71. The zero-order chi connectivity index (χ0) is 23.2. The predicted molar refractivity (Wildman–Crippen MR) is 121 cm³/mol. The lowest BCUT2D eigenvalue weighted by Gasteiger charge is -2.34. The number of likely N-dealkylation sites (tertiary alicyclic amines) is 1. The highest BCUT2D eigenvalue weighted by Crippen LogP contribution is 2.43. The van der Waals surface area contributed by atoms with Crippen LogP contribution >= 0.6 is 0 Å². The number of carbonyl (C=O) groups excluding carboxylic acids is 3. The maximum Gasteiger partial charge on any atom is 0.323 e. The smallest absolute Gasteiger partial charge is 0.323 e. The minimum absolute atomic E-state index is 0.104. The molecule has 0 aromatic heterocycles. The third kappa shape index (κ3) is 5.31. The lowest BCUT2D eigenvalue weighted by molar-refractivity contribution is -0.194. The summed E-state index contributed by atoms with van der Waals surface area (Å²) in [5.74, 6) is -0.449. The number of rotatable bonds is 9. The molecular formula is C26H30N2O5. The molecule has 7 heteroatoms. The molecule has 1 heterocycles. The first-order valence-corrected chi connectivity index (χ1v) is 11.5. The molecule has 1 saturated carbocycles. The number of benzene rings is 2. The molecule has 1 saturated heterocycles. The van der Waals surface area contributed by atoms with Crippen LogP contribution in [0.15, 0.2) is 60.7 Å². The van der Waals surface area contributed by atoms with Crippen molar-refractivity contribution in [3.8, 4) is 0 Å². The molecule has 7 nitrogen and oxygen atoms in total. The number of amides is 2. The van der Waals surface area contributed by atoms with Crippen molar-refractivity contribution in [1.29, 1.82) is 0 Å². The summed E-state index contributed by atoms with van der Waals surface area (Å²) in [5.41, 5.74) is 1.77. The second-order valence-electron chi connectivity index (χ2n) is 8.75. The Morgan fingerprint density at radius 2 is 1.67 bits per heavy atom. The molecule has 174 valence electrons. The highest BCUT2D eigenvalue weighted by Gasteiger charge is 2.50. The standard InChI is InChI=1S/C26H30N2O5/c1-19(25(30)27(18-29)33-17-21-11-6-3-7-12-21)28-23-14-8-13-22(23)15-24(28)26(31)32-16-20-9-4-2-5-10-20/h2-7,9-12,18-19,22-24H,8,13-17H2,1H3/t19-,22+,23+,24+/m1/s1. The van der Waals surface area contributed by atoms with Crippen molar-refractivity contribution in [3.63, 3.8) is 0 Å². The van der Waals surface area contributed by atoms with Crippen molar-refractivity contribution >= 4 is 18.3 Å². The van der Waals surface area contributed by atoms with Gasteiger partial charge in [-0.15, -0.1) is 0 Å². The number of esters is 1. The van der Waals surface area contributed by atoms with E-state index in [0.717, 1.165) is 35.5 Å². The van der Waals surface area contributed by atoms with E-state index in [4.69, 9.17) is 9.57 Å². The summed E-state index contributed by atoms with van der Waals surface area (Å²) < 4.78 is 5.62. The van der Waals surface area contributed by atoms with E-state index >= 15 is 0 Å². The Bertz CT molecular complexity index is 952. The first-order valence-electron chi connectivity index (χ1n) is 11.5. The molecule has 33 heavy (non-hydrogen) atoms. The van der Waals surface area contributed by atoms with Crippen LogP contribution in [-0.2, 0) is 37.2 Å². The summed E-state index contributed by atoms with van der Waals surface area (Å²) in [6.45, 7) is 2.04. The van der Waals surface area contributed by atoms with Gasteiger partial charge in [-0.05, 0) is 43.2 Å². The molecular weight excluding hydrogens is 420 g/mol. The van der Waals surface area contributed by atoms with E-state index < -0.39 is 18.0 Å². The van der Waals surface area contributed by atoms with Crippen molar-refractivity contribution in [2.24, 2.45) is 5.92 Å². The van der Waals surface area contributed by atoms with Gasteiger partial charge in [0.15, 0.2) is 0 Å². The number of ether oxygens (including phenoxy) is 1. The van der Waals surface area contributed by atoms with E-state index in [9.17, 15) is 14.4 Å². The first-order chi connectivity index (χ1) is 16.1. The van der Waals surface area contributed by atoms with Crippen molar-refractivity contribution < 1.29 is 24.0 Å². The lowest BCUT2D eigenvalue weighted by atomic mass is 10.0. The van der Waals surface area contributed by atoms with Crippen molar-refractivity contribution in [2.45, 2.75) is 63.9 Å². The molecule has 2 aliphatic rings. The van der Waals surface area contributed by atoms with Crippen LogP contribution < -0.4 is 0 Å². The predicted octanol–water partition coefficient (Wildman–Crippen LogP) is 3.48. The minimum atomic E-state index is -0.687. The normalized spacial score (nSPS) is 23.0. The van der Waals surface area contributed by atoms with Gasteiger partial charge in [-0.1, -0.05) is 67.1 Å². The largest absolute Gasteiger partial charge is 0.460 e. The molecule has 2 fully saturated rings. The number of hydroxylamine groups is 2. The molecule has 4 atom stereocenters. The summed E-state index contributed by atoms with van der Waals surface area (Å²) in [5, 5.41) is 0.756. The average molecular weight is 451 g/mol. The van der Waals surface area contributed by atoms with Gasteiger partial charge in [0.25, 0.3) is 5.91 Å². The van der Waals surface area contributed by atoms with Gasteiger partial charge in [0.05, 0.1) is 6.04 Å². The zero-order valence-corrected chi connectivity index (χ0v) is 18.8. The molecule has 2 amide bonds. The maximum absolute atomic E-state index is 13.2. The van der Waals surface area contributed by atoms with Crippen LogP contribution in [0.3, 0.4) is 0 Å². The van der Waals surface area contributed by atoms with E-state index in [-0.39, 0.29) is 25.2 Å². The van der Waals surface area contributed by atoms with Crippen LogP contribution in [-0.4, -0.2) is 46.4 Å². The Hall–Kier alpha value is -3.03. The number of nitrogens with zero attached hydrogens (tertiary/aromatic N) is 2. The topological polar surface area (TPSA) is 76.2 Å². The summed E-state index contributed by atoms with van der Waals surface area (Å²) >= 11 is 0. The molecule has 0 N–H and O–H groups in total. The van der Waals surface area contributed by atoms with Crippen LogP contribution in [0, 0.1) is 5.92 Å². The van der Waals surface area contributed by atoms with Crippen LogP contribution in [0.25, 0.3) is 0 Å². The number of fused-ring (bicyclic) bond motifs is 1. The second kappa shape index (κ2) is 10.7. The molecule has 2 aromatic carbocycles. The molecule has 2 aromatic rings. The molecule has 0 radical (unpaired) electrons. The van der Waals surface area contributed by atoms with Gasteiger partial charge in [-0.25, -0.2) is 0 Å². The maximum atomic E-state index is 13.2. The Kier molecular flexibility index (Phi) is 7.52. The summed E-state index contributed by atoms with van der Waals surface area (Å²) in [7, 11) is 0. The number of hydrogen-bond donors (Lipinski definition) is 0. The first kappa shape index (κ1) is 23.1. The summed E-state index contributed by atoms with van der Waals surface area (Å²) in [6.07, 6.45) is 4.10. The van der Waals surface area contributed by atoms with Gasteiger partial charge in [-0.2, -0.15) is 5.06 Å². The SMILES string of the molecule is C[C@H](C(=O)N(C=O)OCc1ccccc1)N1[C@H](C(=O)OCc2ccccc2)C[C@@H]2CCC[C@@H]21. The highest BCUT2D eigenvalue weighted by atomic mass is 16.7. The van der Waals surface area contributed by atoms with E-state index in [1.54, 1.807) is 6.92 Å². The quantitative estimate of drug-likeness (QED) is 0.331. The van der Waals surface area contributed by atoms with Crippen LogP contribution in [0.4, 0.5) is 0 Å². The number of imide groups is 1. The number of hydrogen-bond acceptors (Lipinski definition) is 6. The minimum Gasteiger partial charge on any atom is -0.460 e. The Balaban J connectivity index is 1.44. The average Bonchev–Trinajstić information content (AvgIpc) is 3.45. The van der Waals surface area contributed by atoms with Gasteiger partial charge < -0.3 is 4.74 Å². The highest BCUT2D eigenvalue weighted by molar-refractivity contribution is 5.89. The van der Waals surface area contributed by atoms with Crippen LogP contribution in [0.5, 0.6) is 0 Å². The Morgan fingerprint density at radius 1 is 1.03 bits per heavy atom. The number of carbonyl (C=O) groups is 3. The summed E-state index contributed by atoms with van der Waals surface area (Å²) in [6, 6.07) is 17.8. The summed E-state index contributed by atoms with van der Waals surface area (Å²) in [4.78, 5) is 45.4. The van der Waals surface area contributed by atoms with Crippen LogP contribution in [0.2, 0.25) is 0 Å². The Labute approximate surface area is 194 Å². The van der Waals surface area contributed by atoms with Gasteiger partial charge in [-0.3, -0.25) is 24.1 Å². The molecule has 0 bridgehead atoms. The Morgan fingerprint density at radius 3 is 2.30 bits per heavy atom. The van der Waals surface area contributed by atoms with Gasteiger partial charge in [0.1, 0.15) is 19.3 Å². The van der Waals surface area contributed by atoms with E-state index in [2.05, 4.69) is 0 Å².